The third kappa shape index (κ3) is 4.42. The van der Waals surface area contributed by atoms with Gasteiger partial charge in [0.05, 0.1) is 13.0 Å². The van der Waals surface area contributed by atoms with Crippen molar-refractivity contribution in [1.29, 1.82) is 0 Å². The highest BCUT2D eigenvalue weighted by Gasteiger charge is 2.30. The molecule has 0 radical (unpaired) electrons. The zero-order valence-electron chi connectivity index (χ0n) is 16.0. The van der Waals surface area contributed by atoms with Gasteiger partial charge in [0.25, 0.3) is 0 Å². The second-order valence-electron chi connectivity index (χ2n) is 8.10. The summed E-state index contributed by atoms with van der Waals surface area (Å²) < 4.78 is 10.8. The largest absolute Gasteiger partial charge is 0.497 e. The summed E-state index contributed by atoms with van der Waals surface area (Å²) in [6.07, 6.45) is 2.47. The lowest BCUT2D eigenvalue weighted by molar-refractivity contribution is -0.134. The third-order valence-corrected chi connectivity index (χ3v) is 4.57. The van der Waals surface area contributed by atoms with E-state index < -0.39 is 0 Å². The molecule has 0 aliphatic carbocycles. The Labute approximate surface area is 154 Å². The van der Waals surface area contributed by atoms with E-state index in [2.05, 4.69) is 30.9 Å². The van der Waals surface area contributed by atoms with Crippen LogP contribution in [0.2, 0.25) is 0 Å². The van der Waals surface area contributed by atoms with Gasteiger partial charge >= 0.3 is 0 Å². The first-order valence-corrected chi connectivity index (χ1v) is 9.11. The monoisotopic (exact) mass is 357 g/mol. The number of likely N-dealkylation sites (tertiary alicyclic amines) is 1. The molecule has 140 valence electrons. The molecule has 1 aromatic carbocycles. The molecular weight excluding hydrogens is 330 g/mol. The molecule has 0 unspecified atom stereocenters. The predicted octanol–water partition coefficient (Wildman–Crippen LogP) is 3.89. The smallest absolute Gasteiger partial charge is 0.231 e. The first-order valence-electron chi connectivity index (χ1n) is 9.11. The number of hydrogen-bond donors (Lipinski definition) is 0. The Hall–Kier alpha value is -2.37. The maximum Gasteiger partial charge on any atom is 0.231 e. The molecule has 1 fully saturated rings. The highest BCUT2D eigenvalue weighted by atomic mass is 16.5. The average molecular weight is 357 g/mol. The number of carbonyl (C=O) groups is 1. The van der Waals surface area contributed by atoms with Crippen LogP contribution in [0, 0.1) is 5.41 Å². The van der Waals surface area contributed by atoms with Gasteiger partial charge in [0.1, 0.15) is 5.75 Å². The van der Waals surface area contributed by atoms with Crippen molar-refractivity contribution in [2.24, 2.45) is 5.41 Å². The first kappa shape index (κ1) is 18.4. The van der Waals surface area contributed by atoms with Crippen LogP contribution in [-0.2, 0) is 4.79 Å². The van der Waals surface area contributed by atoms with Crippen molar-refractivity contribution in [3.05, 3.63) is 30.2 Å². The minimum atomic E-state index is -0.00590. The Kier molecular flexibility index (Phi) is 5.30. The molecule has 1 aliphatic rings. The first-order chi connectivity index (χ1) is 12.4. The van der Waals surface area contributed by atoms with Gasteiger partial charge in [-0.25, -0.2) is 0 Å². The highest BCUT2D eigenvalue weighted by Crippen LogP contribution is 2.30. The minimum absolute atomic E-state index is 0.00590. The van der Waals surface area contributed by atoms with Crippen molar-refractivity contribution in [2.75, 3.05) is 20.2 Å². The van der Waals surface area contributed by atoms with Crippen LogP contribution >= 0.6 is 0 Å². The number of rotatable bonds is 4. The molecule has 2 heterocycles. The summed E-state index contributed by atoms with van der Waals surface area (Å²) in [6.45, 7) is 7.72. The fourth-order valence-electron chi connectivity index (χ4n) is 3.25. The van der Waals surface area contributed by atoms with Crippen LogP contribution in [0.1, 0.15) is 51.8 Å². The Bertz CT molecular complexity index is 764. The Morgan fingerprint density at radius 1 is 1.38 bits per heavy atom. The normalized spacial score (nSPS) is 18.0. The minimum Gasteiger partial charge on any atom is -0.497 e. The fraction of sp³-hybridized carbons (Fsp3) is 0.550. The number of hydrogen-bond acceptors (Lipinski definition) is 5. The number of benzene rings is 1. The Balaban J connectivity index is 1.71. The van der Waals surface area contributed by atoms with Crippen LogP contribution in [0.4, 0.5) is 0 Å². The molecule has 6 heteroatoms. The summed E-state index contributed by atoms with van der Waals surface area (Å²) in [5.41, 5.74) is 0.851. The van der Waals surface area contributed by atoms with Gasteiger partial charge in [0, 0.05) is 25.1 Å². The van der Waals surface area contributed by atoms with Gasteiger partial charge in [0.2, 0.25) is 17.6 Å². The molecule has 1 aliphatic heterocycles. The Morgan fingerprint density at radius 2 is 2.19 bits per heavy atom. The van der Waals surface area contributed by atoms with Crippen LogP contribution in [-0.4, -0.2) is 41.1 Å². The van der Waals surface area contributed by atoms with Crippen molar-refractivity contribution in [2.45, 2.75) is 46.0 Å². The van der Waals surface area contributed by atoms with Crippen LogP contribution in [0.3, 0.4) is 0 Å². The topological polar surface area (TPSA) is 68.5 Å². The molecular formula is C20H27N3O3. The lowest BCUT2D eigenvalue weighted by Gasteiger charge is -2.33. The molecule has 1 amide bonds. The zero-order chi connectivity index (χ0) is 18.7. The molecule has 6 nitrogen and oxygen atoms in total. The van der Waals surface area contributed by atoms with E-state index in [4.69, 9.17) is 9.26 Å². The average Bonchev–Trinajstić information content (AvgIpc) is 3.11. The van der Waals surface area contributed by atoms with Gasteiger partial charge < -0.3 is 14.2 Å². The lowest BCUT2D eigenvalue weighted by atomic mass is 9.90. The number of ether oxygens (including phenoxy) is 1. The summed E-state index contributed by atoms with van der Waals surface area (Å²) in [5.74, 6) is 2.22. The van der Waals surface area contributed by atoms with Gasteiger partial charge in [-0.1, -0.05) is 38.1 Å². The van der Waals surface area contributed by atoms with E-state index in [-0.39, 0.29) is 17.2 Å². The van der Waals surface area contributed by atoms with Gasteiger partial charge in [-0.2, -0.15) is 4.98 Å². The maximum absolute atomic E-state index is 12.5. The van der Waals surface area contributed by atoms with Crippen molar-refractivity contribution in [3.63, 3.8) is 0 Å². The number of nitrogens with zero attached hydrogens (tertiary/aromatic N) is 3. The summed E-state index contributed by atoms with van der Waals surface area (Å²) in [5, 5.41) is 4.12. The maximum atomic E-state index is 12.5. The van der Waals surface area contributed by atoms with E-state index >= 15 is 0 Å². The number of piperidine rings is 1. The standard InChI is InChI=1S/C20H27N3O3/c1-20(2,3)12-17(24)23-10-6-8-15(13-23)19-21-18(22-26-19)14-7-5-9-16(11-14)25-4/h5,7,9,11,15H,6,8,10,12-13H2,1-4H3/t15-/m0/s1. The molecule has 0 N–H and O–H groups in total. The predicted molar refractivity (Wildman–Crippen MR) is 98.9 cm³/mol. The van der Waals surface area contributed by atoms with Crippen molar-refractivity contribution in [3.8, 4) is 17.1 Å². The van der Waals surface area contributed by atoms with Crippen molar-refractivity contribution in [1.82, 2.24) is 15.0 Å². The highest BCUT2D eigenvalue weighted by molar-refractivity contribution is 5.77. The third-order valence-electron chi connectivity index (χ3n) is 4.57. The van der Waals surface area contributed by atoms with Crippen LogP contribution in [0.5, 0.6) is 5.75 Å². The van der Waals surface area contributed by atoms with Crippen molar-refractivity contribution < 1.29 is 14.1 Å². The summed E-state index contributed by atoms with van der Waals surface area (Å²) in [6, 6.07) is 7.59. The molecule has 1 saturated heterocycles. The number of aromatic nitrogens is 2. The molecule has 3 rings (SSSR count). The summed E-state index contributed by atoms with van der Waals surface area (Å²) in [4.78, 5) is 19.0. The van der Waals surface area contributed by atoms with E-state index in [0.29, 0.717) is 24.7 Å². The Morgan fingerprint density at radius 3 is 2.92 bits per heavy atom. The van der Waals surface area contributed by atoms with Crippen molar-refractivity contribution >= 4 is 5.91 Å². The second-order valence-corrected chi connectivity index (χ2v) is 8.10. The molecule has 0 spiro atoms. The number of carbonyl (C=O) groups excluding carboxylic acids is 1. The molecule has 0 saturated carbocycles. The van der Waals surface area contributed by atoms with Gasteiger partial charge in [-0.15, -0.1) is 0 Å². The number of amides is 1. The van der Waals surface area contributed by atoms with Crippen LogP contribution in [0.15, 0.2) is 28.8 Å². The zero-order valence-corrected chi connectivity index (χ0v) is 16.0. The molecule has 0 bridgehead atoms. The second kappa shape index (κ2) is 7.48. The van der Waals surface area contributed by atoms with Gasteiger partial charge in [-0.05, 0) is 30.4 Å². The van der Waals surface area contributed by atoms with Gasteiger partial charge in [0.15, 0.2) is 0 Å². The molecule has 26 heavy (non-hydrogen) atoms. The molecule has 1 atom stereocenters. The van der Waals surface area contributed by atoms with E-state index in [1.165, 1.54) is 0 Å². The van der Waals surface area contributed by atoms with E-state index in [0.717, 1.165) is 30.7 Å². The van der Waals surface area contributed by atoms with Gasteiger partial charge in [-0.3, -0.25) is 4.79 Å². The SMILES string of the molecule is COc1cccc(-c2noc([C@H]3CCCN(C(=O)CC(C)(C)C)C3)n2)c1. The van der Waals surface area contributed by atoms with E-state index in [1.807, 2.05) is 29.2 Å². The van der Waals surface area contributed by atoms with Crippen LogP contribution < -0.4 is 4.74 Å². The fourth-order valence-corrected chi connectivity index (χ4v) is 3.25. The quantitative estimate of drug-likeness (QED) is 0.830. The molecule has 1 aromatic heterocycles. The van der Waals surface area contributed by atoms with E-state index in [1.54, 1.807) is 7.11 Å². The summed E-state index contributed by atoms with van der Waals surface area (Å²) >= 11 is 0. The lowest BCUT2D eigenvalue weighted by Crippen LogP contribution is -2.40. The molecule has 2 aromatic rings. The van der Waals surface area contributed by atoms with E-state index in [9.17, 15) is 4.79 Å². The van der Waals surface area contributed by atoms with Crippen LogP contribution in [0.25, 0.3) is 11.4 Å². The summed E-state index contributed by atoms with van der Waals surface area (Å²) in [7, 11) is 1.63. The number of methoxy groups -OCH3 is 1.